The molecule has 0 bridgehead atoms. The number of aromatic nitrogens is 2. The van der Waals surface area contributed by atoms with E-state index in [9.17, 15) is 5.11 Å². The van der Waals surface area contributed by atoms with Gasteiger partial charge in [-0.2, -0.15) is 5.10 Å². The summed E-state index contributed by atoms with van der Waals surface area (Å²) < 4.78 is 1.71. The van der Waals surface area contributed by atoms with Gasteiger partial charge < -0.3 is 5.11 Å². The summed E-state index contributed by atoms with van der Waals surface area (Å²) in [6.07, 6.45) is 4.98. The number of halogens is 1. The molecule has 0 radical (unpaired) electrons. The number of thioether (sulfide) groups is 1. The Hall–Kier alpha value is -0.350. The van der Waals surface area contributed by atoms with Crippen LogP contribution in [0.1, 0.15) is 24.6 Å². The van der Waals surface area contributed by atoms with Crippen molar-refractivity contribution in [3.8, 4) is 5.75 Å². The summed E-state index contributed by atoms with van der Waals surface area (Å²) in [6, 6.07) is 0. The molecule has 1 aromatic heterocycles. The van der Waals surface area contributed by atoms with Crippen molar-refractivity contribution in [2.75, 3.05) is 5.75 Å². The lowest BCUT2D eigenvalue weighted by atomic mass is 10.2. The first-order valence-electron chi connectivity index (χ1n) is 4.32. The van der Waals surface area contributed by atoms with Crippen LogP contribution in [0.2, 0.25) is 5.15 Å². The molecule has 0 amide bonds. The summed E-state index contributed by atoms with van der Waals surface area (Å²) >= 11 is 7.73. The molecule has 3 nitrogen and oxygen atoms in total. The maximum Gasteiger partial charge on any atom is 0.173 e. The highest BCUT2D eigenvalue weighted by Crippen LogP contribution is 2.37. The zero-order valence-electron chi connectivity index (χ0n) is 7.11. The van der Waals surface area contributed by atoms with Gasteiger partial charge in [-0.3, -0.25) is 0 Å². The highest BCUT2D eigenvalue weighted by atomic mass is 35.5. The standard InChI is InChI=1S/C8H11ClN2OS/c9-8-6(12)5-10-11(8)7-3-1-2-4-13-7/h5,7,12H,1-4H2. The summed E-state index contributed by atoms with van der Waals surface area (Å²) in [5, 5.41) is 14.0. The first-order chi connectivity index (χ1) is 6.29. The zero-order valence-corrected chi connectivity index (χ0v) is 8.68. The van der Waals surface area contributed by atoms with Crippen LogP contribution in [0.3, 0.4) is 0 Å². The Balaban J connectivity index is 2.18. The molecule has 1 atom stereocenters. The number of aromatic hydroxyl groups is 1. The van der Waals surface area contributed by atoms with Gasteiger partial charge in [0, 0.05) is 0 Å². The van der Waals surface area contributed by atoms with Gasteiger partial charge in [-0.25, -0.2) is 4.68 Å². The normalized spacial score (nSPS) is 23.3. The molecular weight excluding hydrogens is 208 g/mol. The molecule has 2 rings (SSSR count). The van der Waals surface area contributed by atoms with E-state index in [-0.39, 0.29) is 5.75 Å². The van der Waals surface area contributed by atoms with Gasteiger partial charge in [0.25, 0.3) is 0 Å². The molecule has 72 valence electrons. The first kappa shape index (κ1) is 9.21. The quantitative estimate of drug-likeness (QED) is 0.788. The van der Waals surface area contributed by atoms with Gasteiger partial charge in [-0.1, -0.05) is 11.6 Å². The van der Waals surface area contributed by atoms with E-state index in [2.05, 4.69) is 5.10 Å². The van der Waals surface area contributed by atoms with E-state index in [1.807, 2.05) is 11.8 Å². The SMILES string of the molecule is Oc1cnn(C2CCCCS2)c1Cl. The minimum atomic E-state index is 0.0767. The van der Waals surface area contributed by atoms with Crippen molar-refractivity contribution in [2.24, 2.45) is 0 Å². The minimum Gasteiger partial charge on any atom is -0.504 e. The molecule has 0 spiro atoms. The molecule has 5 heteroatoms. The average Bonchev–Trinajstić information content (AvgIpc) is 2.49. The third-order valence-corrected chi connectivity index (χ3v) is 3.86. The van der Waals surface area contributed by atoms with E-state index in [1.165, 1.54) is 19.0 Å². The maximum atomic E-state index is 9.25. The fourth-order valence-corrected chi connectivity index (χ4v) is 3.00. The first-order valence-corrected chi connectivity index (χ1v) is 5.75. The fourth-order valence-electron chi connectivity index (χ4n) is 1.46. The highest BCUT2D eigenvalue weighted by molar-refractivity contribution is 7.99. The number of hydrogen-bond donors (Lipinski definition) is 1. The van der Waals surface area contributed by atoms with Crippen LogP contribution >= 0.6 is 23.4 Å². The lowest BCUT2D eigenvalue weighted by Gasteiger charge is -2.21. The summed E-state index contributed by atoms with van der Waals surface area (Å²) in [7, 11) is 0. The molecule has 0 saturated carbocycles. The van der Waals surface area contributed by atoms with Gasteiger partial charge in [-0.15, -0.1) is 11.8 Å². The molecule has 1 unspecified atom stereocenters. The van der Waals surface area contributed by atoms with Crippen molar-refractivity contribution in [3.05, 3.63) is 11.3 Å². The monoisotopic (exact) mass is 218 g/mol. The largest absolute Gasteiger partial charge is 0.504 e. The topological polar surface area (TPSA) is 38.1 Å². The lowest BCUT2D eigenvalue weighted by molar-refractivity contribution is 0.471. The van der Waals surface area contributed by atoms with E-state index < -0.39 is 0 Å². The van der Waals surface area contributed by atoms with Crippen molar-refractivity contribution in [1.82, 2.24) is 9.78 Å². The maximum absolute atomic E-state index is 9.25. The Morgan fingerprint density at radius 2 is 2.46 bits per heavy atom. The lowest BCUT2D eigenvalue weighted by Crippen LogP contribution is -2.11. The minimum absolute atomic E-state index is 0.0767. The Morgan fingerprint density at radius 1 is 1.62 bits per heavy atom. The van der Waals surface area contributed by atoms with Crippen molar-refractivity contribution >= 4 is 23.4 Å². The second-order valence-electron chi connectivity index (χ2n) is 3.09. The molecule has 0 aliphatic carbocycles. The van der Waals surface area contributed by atoms with Crippen molar-refractivity contribution in [1.29, 1.82) is 0 Å². The third-order valence-electron chi connectivity index (χ3n) is 2.15. The molecule has 1 saturated heterocycles. The Labute approximate surface area is 86.1 Å². The average molecular weight is 219 g/mol. The van der Waals surface area contributed by atoms with Gasteiger partial charge in [0.05, 0.1) is 11.6 Å². The highest BCUT2D eigenvalue weighted by Gasteiger charge is 2.20. The van der Waals surface area contributed by atoms with E-state index >= 15 is 0 Å². The predicted molar refractivity (Wildman–Crippen MR) is 54.2 cm³/mol. The Kier molecular flexibility index (Phi) is 2.69. The van der Waals surface area contributed by atoms with Crippen LogP contribution in [-0.2, 0) is 0 Å². The molecule has 13 heavy (non-hydrogen) atoms. The molecule has 1 N–H and O–H groups in total. The summed E-state index contributed by atoms with van der Waals surface area (Å²) in [5.74, 6) is 1.23. The van der Waals surface area contributed by atoms with Crippen molar-refractivity contribution < 1.29 is 5.11 Å². The molecule has 1 aromatic rings. The molecule has 1 fully saturated rings. The van der Waals surface area contributed by atoms with Crippen LogP contribution in [-0.4, -0.2) is 20.6 Å². The molecule has 0 aromatic carbocycles. The molecule has 1 aliphatic rings. The van der Waals surface area contributed by atoms with Crippen molar-refractivity contribution in [2.45, 2.75) is 24.6 Å². The molecular formula is C8H11ClN2OS. The van der Waals surface area contributed by atoms with Crippen molar-refractivity contribution in [3.63, 3.8) is 0 Å². The van der Waals surface area contributed by atoms with Gasteiger partial charge in [0.2, 0.25) is 0 Å². The zero-order chi connectivity index (χ0) is 9.26. The van der Waals surface area contributed by atoms with Gasteiger partial charge in [0.1, 0.15) is 0 Å². The van der Waals surface area contributed by atoms with Crippen LogP contribution in [0.4, 0.5) is 0 Å². The Bertz CT molecular complexity index is 296. The molecule has 1 aliphatic heterocycles. The third kappa shape index (κ3) is 1.79. The van der Waals surface area contributed by atoms with Crippen LogP contribution in [0.15, 0.2) is 6.20 Å². The Morgan fingerprint density at radius 3 is 3.00 bits per heavy atom. The summed E-state index contributed by atoms with van der Waals surface area (Å²) in [5.41, 5.74) is 0. The predicted octanol–water partition coefficient (Wildman–Crippen LogP) is 2.66. The summed E-state index contributed by atoms with van der Waals surface area (Å²) in [4.78, 5) is 0. The fraction of sp³-hybridized carbons (Fsp3) is 0.625. The van der Waals surface area contributed by atoms with E-state index in [0.29, 0.717) is 10.5 Å². The van der Waals surface area contributed by atoms with Gasteiger partial charge in [0.15, 0.2) is 10.9 Å². The van der Waals surface area contributed by atoms with Gasteiger partial charge in [-0.05, 0) is 25.0 Å². The number of hydrogen-bond acceptors (Lipinski definition) is 3. The second kappa shape index (κ2) is 3.80. The summed E-state index contributed by atoms with van der Waals surface area (Å²) in [6.45, 7) is 0. The van der Waals surface area contributed by atoms with E-state index in [0.717, 1.165) is 12.2 Å². The smallest absolute Gasteiger partial charge is 0.173 e. The van der Waals surface area contributed by atoms with Crippen LogP contribution in [0.5, 0.6) is 5.75 Å². The second-order valence-corrected chi connectivity index (χ2v) is 4.73. The van der Waals surface area contributed by atoms with Crippen LogP contribution in [0, 0.1) is 0 Å². The van der Waals surface area contributed by atoms with Gasteiger partial charge >= 0.3 is 0 Å². The van der Waals surface area contributed by atoms with E-state index in [4.69, 9.17) is 11.6 Å². The number of rotatable bonds is 1. The van der Waals surface area contributed by atoms with Crippen LogP contribution in [0.25, 0.3) is 0 Å². The molecule has 2 heterocycles. The number of nitrogens with zero attached hydrogens (tertiary/aromatic N) is 2. The van der Waals surface area contributed by atoms with E-state index in [1.54, 1.807) is 4.68 Å². The van der Waals surface area contributed by atoms with Crippen LogP contribution < -0.4 is 0 Å².